The zero-order valence-electron chi connectivity index (χ0n) is 18.3. The Labute approximate surface area is 184 Å². The number of hydrogen-bond acceptors (Lipinski definition) is 5. The van der Waals surface area contributed by atoms with Crippen molar-refractivity contribution in [1.29, 1.82) is 0 Å². The van der Waals surface area contributed by atoms with Crippen molar-refractivity contribution in [3.05, 3.63) is 36.7 Å². The molecule has 0 spiro atoms. The van der Waals surface area contributed by atoms with Gasteiger partial charge in [0, 0.05) is 35.2 Å². The number of aromatic nitrogens is 1. The fraction of sp³-hybridized carbons (Fsp3) is 0.600. The van der Waals surface area contributed by atoms with Crippen molar-refractivity contribution in [1.82, 2.24) is 20.5 Å². The number of likely N-dealkylation sites (tertiary alicyclic amines) is 1. The largest absolute Gasteiger partial charge is 0.490 e. The summed E-state index contributed by atoms with van der Waals surface area (Å²) in [5.74, 6) is 1.19. The monoisotopic (exact) mass is 422 g/mol. The third-order valence-corrected chi connectivity index (χ3v) is 7.33. The lowest BCUT2D eigenvalue weighted by molar-refractivity contribution is -0.127. The van der Waals surface area contributed by atoms with Crippen LogP contribution in [0.3, 0.4) is 0 Å². The van der Waals surface area contributed by atoms with Crippen LogP contribution in [0.4, 0.5) is 0 Å². The molecule has 1 amide bonds. The summed E-state index contributed by atoms with van der Waals surface area (Å²) in [6.45, 7) is 3.23. The molecule has 0 unspecified atom stereocenters. The molecule has 1 aliphatic carbocycles. The fourth-order valence-electron chi connectivity index (χ4n) is 5.64. The van der Waals surface area contributed by atoms with Gasteiger partial charge in [-0.15, -0.1) is 0 Å². The number of carbonyl (C=O) groups excluding carboxylic acids is 1. The molecular formula is C25H34N4O2. The van der Waals surface area contributed by atoms with Crippen LogP contribution in [-0.2, 0) is 4.79 Å². The van der Waals surface area contributed by atoms with Crippen molar-refractivity contribution < 1.29 is 9.53 Å². The predicted molar refractivity (Wildman–Crippen MR) is 122 cm³/mol. The maximum Gasteiger partial charge on any atom is 0.237 e. The molecule has 2 aliphatic heterocycles. The van der Waals surface area contributed by atoms with Crippen LogP contribution in [0.25, 0.3) is 10.8 Å². The van der Waals surface area contributed by atoms with Gasteiger partial charge in [-0.25, -0.2) is 0 Å². The lowest BCUT2D eigenvalue weighted by Gasteiger charge is -2.36. The van der Waals surface area contributed by atoms with Crippen molar-refractivity contribution in [2.24, 2.45) is 0 Å². The van der Waals surface area contributed by atoms with Gasteiger partial charge in [-0.2, -0.15) is 0 Å². The molecule has 3 heterocycles. The van der Waals surface area contributed by atoms with Crippen LogP contribution in [-0.4, -0.2) is 59.7 Å². The number of amides is 1. The molecule has 3 aliphatic rings. The Kier molecular flexibility index (Phi) is 6.37. The van der Waals surface area contributed by atoms with E-state index in [4.69, 9.17) is 4.74 Å². The molecular weight excluding hydrogens is 388 g/mol. The molecule has 1 aromatic carbocycles. The summed E-state index contributed by atoms with van der Waals surface area (Å²) in [7, 11) is 0. The van der Waals surface area contributed by atoms with Gasteiger partial charge in [0.1, 0.15) is 5.75 Å². The number of nitrogens with zero attached hydrogens (tertiary/aromatic N) is 2. The van der Waals surface area contributed by atoms with E-state index in [9.17, 15) is 4.79 Å². The molecule has 166 valence electrons. The van der Waals surface area contributed by atoms with Crippen LogP contribution < -0.4 is 15.4 Å². The Morgan fingerprint density at radius 2 is 1.90 bits per heavy atom. The minimum atomic E-state index is 0.0707. The Morgan fingerprint density at radius 3 is 2.74 bits per heavy atom. The van der Waals surface area contributed by atoms with Gasteiger partial charge in [-0.1, -0.05) is 12.1 Å². The van der Waals surface area contributed by atoms with Gasteiger partial charge in [0.25, 0.3) is 0 Å². The summed E-state index contributed by atoms with van der Waals surface area (Å²) in [4.78, 5) is 19.8. The highest BCUT2D eigenvalue weighted by Gasteiger charge is 2.36. The van der Waals surface area contributed by atoms with E-state index in [1.807, 2.05) is 30.6 Å². The third-order valence-electron chi connectivity index (χ3n) is 7.33. The third kappa shape index (κ3) is 4.70. The molecule has 0 radical (unpaired) electrons. The number of rotatable bonds is 5. The van der Waals surface area contributed by atoms with Crippen LogP contribution in [0.5, 0.6) is 5.75 Å². The van der Waals surface area contributed by atoms with Crippen molar-refractivity contribution in [3.8, 4) is 5.75 Å². The number of fused-ring (bicyclic) bond motifs is 1. The maximum absolute atomic E-state index is 13.1. The van der Waals surface area contributed by atoms with Crippen LogP contribution in [0, 0.1) is 0 Å². The number of carbonyl (C=O) groups is 1. The van der Waals surface area contributed by atoms with Gasteiger partial charge < -0.3 is 15.4 Å². The quantitative estimate of drug-likeness (QED) is 0.774. The number of pyridine rings is 1. The summed E-state index contributed by atoms with van der Waals surface area (Å²) < 4.78 is 6.36. The molecule has 1 saturated carbocycles. The van der Waals surface area contributed by atoms with E-state index in [2.05, 4.69) is 26.6 Å². The summed E-state index contributed by atoms with van der Waals surface area (Å²) in [5, 5.41) is 9.05. The van der Waals surface area contributed by atoms with Crippen LogP contribution >= 0.6 is 0 Å². The molecule has 3 fully saturated rings. The minimum Gasteiger partial charge on any atom is -0.490 e. The van der Waals surface area contributed by atoms with Gasteiger partial charge in [0.2, 0.25) is 5.91 Å². The van der Waals surface area contributed by atoms with Crippen molar-refractivity contribution in [2.75, 3.05) is 19.6 Å². The summed E-state index contributed by atoms with van der Waals surface area (Å²) in [6, 6.07) is 9.08. The molecule has 1 atom stereocenters. The van der Waals surface area contributed by atoms with Crippen LogP contribution in [0.2, 0.25) is 0 Å². The average molecular weight is 423 g/mol. The predicted octanol–water partition coefficient (Wildman–Crippen LogP) is 3.26. The van der Waals surface area contributed by atoms with Crippen LogP contribution in [0.1, 0.15) is 51.4 Å². The minimum absolute atomic E-state index is 0.0707. The highest BCUT2D eigenvalue weighted by atomic mass is 16.5. The van der Waals surface area contributed by atoms with Crippen LogP contribution in [0.15, 0.2) is 36.7 Å². The average Bonchev–Trinajstić information content (AvgIpc) is 3.31. The van der Waals surface area contributed by atoms with E-state index in [0.29, 0.717) is 6.04 Å². The van der Waals surface area contributed by atoms with E-state index < -0.39 is 0 Å². The van der Waals surface area contributed by atoms with Gasteiger partial charge in [0.15, 0.2) is 0 Å². The molecule has 6 nitrogen and oxygen atoms in total. The summed E-state index contributed by atoms with van der Waals surface area (Å²) >= 11 is 0. The van der Waals surface area contributed by atoms with E-state index in [0.717, 1.165) is 87.5 Å². The first-order chi connectivity index (χ1) is 15.3. The topological polar surface area (TPSA) is 66.5 Å². The fourth-order valence-corrected chi connectivity index (χ4v) is 5.64. The van der Waals surface area contributed by atoms with Crippen molar-refractivity contribution in [2.45, 2.75) is 75.6 Å². The SMILES string of the molecule is O=C(NC1CCC(Oc2cccc3cnccc23)CC1)[C@@H]1CCCN1C1CCNCC1. The highest BCUT2D eigenvalue weighted by Crippen LogP contribution is 2.30. The van der Waals surface area contributed by atoms with E-state index >= 15 is 0 Å². The first-order valence-corrected chi connectivity index (χ1v) is 12.0. The van der Waals surface area contributed by atoms with Gasteiger partial charge in [0.05, 0.1) is 12.1 Å². The standard InChI is InChI=1S/C25H34N4O2/c30-25(23-4-2-16-29(23)20-10-13-26-14-11-20)28-19-6-8-21(9-7-19)31-24-5-1-3-18-17-27-15-12-22(18)24/h1,3,5,12,15,17,19-21,23,26H,2,4,6-11,13-14,16H2,(H,28,30)/t19?,21?,23-/m0/s1. The highest BCUT2D eigenvalue weighted by molar-refractivity contribution is 5.87. The first-order valence-electron chi connectivity index (χ1n) is 12.0. The number of hydrogen-bond donors (Lipinski definition) is 2. The number of benzene rings is 1. The zero-order valence-corrected chi connectivity index (χ0v) is 18.3. The molecule has 2 N–H and O–H groups in total. The number of piperidine rings is 1. The number of nitrogens with one attached hydrogen (secondary N) is 2. The van der Waals surface area contributed by atoms with E-state index in [1.165, 1.54) is 0 Å². The number of ether oxygens (including phenoxy) is 1. The Balaban J connectivity index is 1.13. The molecule has 0 bridgehead atoms. The normalized spacial score (nSPS) is 27.9. The summed E-state index contributed by atoms with van der Waals surface area (Å²) in [5.41, 5.74) is 0. The zero-order chi connectivity index (χ0) is 21.0. The molecule has 6 heteroatoms. The van der Waals surface area contributed by atoms with Crippen molar-refractivity contribution in [3.63, 3.8) is 0 Å². The smallest absolute Gasteiger partial charge is 0.237 e. The molecule has 5 rings (SSSR count). The second-order valence-corrected chi connectivity index (χ2v) is 9.33. The lowest BCUT2D eigenvalue weighted by Crippen LogP contribution is -2.52. The van der Waals surface area contributed by atoms with Gasteiger partial charge in [-0.05, 0) is 83.1 Å². The van der Waals surface area contributed by atoms with Gasteiger partial charge >= 0.3 is 0 Å². The maximum atomic E-state index is 13.1. The molecule has 2 aromatic rings. The second-order valence-electron chi connectivity index (χ2n) is 9.33. The molecule has 1 aromatic heterocycles. The molecule has 31 heavy (non-hydrogen) atoms. The first kappa shape index (κ1) is 20.7. The summed E-state index contributed by atoms with van der Waals surface area (Å²) in [6.07, 6.45) is 12.3. The van der Waals surface area contributed by atoms with E-state index in [1.54, 1.807) is 0 Å². The van der Waals surface area contributed by atoms with Crippen molar-refractivity contribution >= 4 is 16.7 Å². The second kappa shape index (κ2) is 9.53. The molecule has 2 saturated heterocycles. The Hall–Kier alpha value is -2.18. The lowest BCUT2D eigenvalue weighted by atomic mass is 9.92. The Bertz CT molecular complexity index is 885. The van der Waals surface area contributed by atoms with E-state index in [-0.39, 0.29) is 24.1 Å². The van der Waals surface area contributed by atoms with Gasteiger partial charge in [-0.3, -0.25) is 14.7 Å². The Morgan fingerprint density at radius 1 is 1.06 bits per heavy atom.